The summed E-state index contributed by atoms with van der Waals surface area (Å²) in [6, 6.07) is 15.1. The van der Waals surface area contributed by atoms with E-state index in [0.717, 1.165) is 23.1 Å². The zero-order chi connectivity index (χ0) is 14.7. The van der Waals surface area contributed by atoms with Crippen LogP contribution in [0.5, 0.6) is 0 Å². The van der Waals surface area contributed by atoms with Crippen LogP contribution in [0.1, 0.15) is 30.5 Å². The van der Waals surface area contributed by atoms with Crippen molar-refractivity contribution < 1.29 is 0 Å². The molecule has 21 heavy (non-hydrogen) atoms. The largest absolute Gasteiger partial charge is 0.378 e. The van der Waals surface area contributed by atoms with Crippen LogP contribution in [0, 0.1) is 6.92 Å². The second kappa shape index (κ2) is 5.92. The van der Waals surface area contributed by atoms with Gasteiger partial charge in [-0.15, -0.1) is 0 Å². The van der Waals surface area contributed by atoms with Gasteiger partial charge in [-0.05, 0) is 37.1 Å². The van der Waals surface area contributed by atoms with Gasteiger partial charge in [-0.25, -0.2) is 0 Å². The number of hydrogen-bond acceptors (Lipinski definition) is 3. The predicted octanol–water partition coefficient (Wildman–Crippen LogP) is 4.50. The van der Waals surface area contributed by atoms with Crippen molar-refractivity contribution in [3.05, 3.63) is 66.0 Å². The van der Waals surface area contributed by atoms with Gasteiger partial charge >= 0.3 is 0 Å². The molecule has 1 aromatic heterocycles. The van der Waals surface area contributed by atoms with Gasteiger partial charge in [0.1, 0.15) is 0 Å². The van der Waals surface area contributed by atoms with E-state index in [0.29, 0.717) is 6.04 Å². The third-order valence-electron chi connectivity index (χ3n) is 3.70. The van der Waals surface area contributed by atoms with E-state index >= 15 is 0 Å². The van der Waals surface area contributed by atoms with Crippen LogP contribution in [-0.4, -0.2) is 9.97 Å². The second-order valence-corrected chi connectivity index (χ2v) is 5.28. The molecular formula is C18H19N3. The Bertz CT molecular complexity index is 735. The van der Waals surface area contributed by atoms with E-state index in [-0.39, 0.29) is 0 Å². The predicted molar refractivity (Wildman–Crippen MR) is 87.4 cm³/mol. The van der Waals surface area contributed by atoms with Crippen LogP contribution in [0.3, 0.4) is 0 Å². The van der Waals surface area contributed by atoms with Crippen LogP contribution in [0.25, 0.3) is 11.0 Å². The van der Waals surface area contributed by atoms with Gasteiger partial charge in [-0.3, -0.25) is 9.97 Å². The molecule has 0 saturated heterocycles. The highest BCUT2D eigenvalue weighted by molar-refractivity contribution is 5.78. The van der Waals surface area contributed by atoms with Crippen molar-refractivity contribution in [3.63, 3.8) is 0 Å². The van der Waals surface area contributed by atoms with Crippen LogP contribution >= 0.6 is 0 Å². The van der Waals surface area contributed by atoms with Gasteiger partial charge < -0.3 is 5.32 Å². The van der Waals surface area contributed by atoms with Gasteiger partial charge in [0.05, 0.1) is 17.1 Å². The third kappa shape index (κ3) is 3.02. The number of aryl methyl sites for hydroxylation is 1. The molecule has 1 unspecified atom stereocenters. The Labute approximate surface area is 125 Å². The molecule has 0 aliphatic carbocycles. The SMILES string of the molecule is CCC(Nc1ccc2nccnc2c1)c1ccc(C)cc1. The summed E-state index contributed by atoms with van der Waals surface area (Å²) in [5, 5.41) is 3.59. The molecule has 0 bridgehead atoms. The Morgan fingerprint density at radius 2 is 1.67 bits per heavy atom. The maximum Gasteiger partial charge on any atom is 0.0907 e. The van der Waals surface area contributed by atoms with Gasteiger partial charge in [0, 0.05) is 18.1 Å². The highest BCUT2D eigenvalue weighted by Crippen LogP contribution is 2.24. The highest BCUT2D eigenvalue weighted by Gasteiger charge is 2.09. The first-order chi connectivity index (χ1) is 10.3. The monoisotopic (exact) mass is 277 g/mol. The molecular weight excluding hydrogens is 258 g/mol. The molecule has 0 radical (unpaired) electrons. The summed E-state index contributed by atoms with van der Waals surface area (Å²) in [6.07, 6.45) is 4.47. The summed E-state index contributed by atoms with van der Waals surface area (Å²) in [4.78, 5) is 8.66. The molecule has 1 atom stereocenters. The zero-order valence-electron chi connectivity index (χ0n) is 12.4. The van der Waals surface area contributed by atoms with Crippen molar-refractivity contribution in [2.45, 2.75) is 26.3 Å². The van der Waals surface area contributed by atoms with Crippen LogP contribution < -0.4 is 5.32 Å². The Morgan fingerprint density at radius 1 is 0.952 bits per heavy atom. The summed E-state index contributed by atoms with van der Waals surface area (Å²) >= 11 is 0. The Hall–Kier alpha value is -2.42. The molecule has 0 spiro atoms. The lowest BCUT2D eigenvalue weighted by Crippen LogP contribution is -2.09. The van der Waals surface area contributed by atoms with Crippen LogP contribution in [0.2, 0.25) is 0 Å². The fourth-order valence-corrected chi connectivity index (χ4v) is 2.47. The van der Waals surface area contributed by atoms with Crippen molar-refractivity contribution in [2.24, 2.45) is 0 Å². The molecule has 0 amide bonds. The number of nitrogens with one attached hydrogen (secondary N) is 1. The molecule has 3 aromatic rings. The first kappa shape index (κ1) is 13.6. The molecule has 1 N–H and O–H groups in total. The standard InChI is InChI=1S/C18H19N3/c1-3-16(14-6-4-13(2)5-7-14)21-15-8-9-17-18(12-15)20-11-10-19-17/h4-12,16,21H,3H2,1-2H3. The summed E-state index contributed by atoms with van der Waals surface area (Å²) in [7, 11) is 0. The molecule has 106 valence electrons. The van der Waals surface area contributed by atoms with Gasteiger partial charge in [-0.2, -0.15) is 0 Å². The van der Waals surface area contributed by atoms with Crippen molar-refractivity contribution in [2.75, 3.05) is 5.32 Å². The number of hydrogen-bond donors (Lipinski definition) is 1. The molecule has 3 heteroatoms. The lowest BCUT2D eigenvalue weighted by atomic mass is 10.0. The van der Waals surface area contributed by atoms with E-state index in [4.69, 9.17) is 0 Å². The molecule has 3 nitrogen and oxygen atoms in total. The van der Waals surface area contributed by atoms with Crippen molar-refractivity contribution >= 4 is 16.7 Å². The third-order valence-corrected chi connectivity index (χ3v) is 3.70. The number of fused-ring (bicyclic) bond motifs is 1. The number of aromatic nitrogens is 2. The smallest absolute Gasteiger partial charge is 0.0907 e. The van der Waals surface area contributed by atoms with E-state index in [1.54, 1.807) is 12.4 Å². The van der Waals surface area contributed by atoms with Gasteiger partial charge in [0.15, 0.2) is 0 Å². The second-order valence-electron chi connectivity index (χ2n) is 5.28. The normalized spacial score (nSPS) is 12.3. The van der Waals surface area contributed by atoms with Crippen LogP contribution in [0.15, 0.2) is 54.9 Å². The van der Waals surface area contributed by atoms with Crippen molar-refractivity contribution in [3.8, 4) is 0 Å². The average Bonchev–Trinajstić information content (AvgIpc) is 2.53. The first-order valence-electron chi connectivity index (χ1n) is 7.30. The lowest BCUT2D eigenvalue weighted by molar-refractivity contribution is 0.749. The molecule has 1 heterocycles. The molecule has 0 saturated carbocycles. The minimum Gasteiger partial charge on any atom is -0.378 e. The van der Waals surface area contributed by atoms with Gasteiger partial charge in [0.25, 0.3) is 0 Å². The summed E-state index contributed by atoms with van der Waals surface area (Å²) < 4.78 is 0. The molecule has 0 fully saturated rings. The molecule has 2 aromatic carbocycles. The maximum absolute atomic E-state index is 4.36. The Kier molecular flexibility index (Phi) is 3.82. The summed E-state index contributed by atoms with van der Waals surface area (Å²) in [5.74, 6) is 0. The van der Waals surface area contributed by atoms with E-state index in [2.05, 4.69) is 65.5 Å². The maximum atomic E-state index is 4.36. The Morgan fingerprint density at radius 3 is 2.38 bits per heavy atom. The van der Waals surface area contributed by atoms with Crippen molar-refractivity contribution in [1.82, 2.24) is 9.97 Å². The lowest BCUT2D eigenvalue weighted by Gasteiger charge is -2.19. The van der Waals surface area contributed by atoms with Crippen LogP contribution in [-0.2, 0) is 0 Å². The van der Waals surface area contributed by atoms with E-state index in [1.165, 1.54) is 11.1 Å². The van der Waals surface area contributed by atoms with E-state index < -0.39 is 0 Å². The van der Waals surface area contributed by atoms with Gasteiger partial charge in [-0.1, -0.05) is 36.8 Å². The molecule has 0 aliphatic rings. The topological polar surface area (TPSA) is 37.8 Å². The summed E-state index contributed by atoms with van der Waals surface area (Å²) in [6.45, 7) is 4.30. The zero-order valence-corrected chi connectivity index (χ0v) is 12.4. The average molecular weight is 277 g/mol. The number of anilines is 1. The number of benzene rings is 2. The van der Waals surface area contributed by atoms with Crippen molar-refractivity contribution in [1.29, 1.82) is 0 Å². The van der Waals surface area contributed by atoms with E-state index in [9.17, 15) is 0 Å². The molecule has 0 aliphatic heterocycles. The first-order valence-corrected chi connectivity index (χ1v) is 7.30. The summed E-state index contributed by atoms with van der Waals surface area (Å²) in [5.41, 5.74) is 5.51. The van der Waals surface area contributed by atoms with Gasteiger partial charge in [0.2, 0.25) is 0 Å². The number of nitrogens with zero attached hydrogens (tertiary/aromatic N) is 2. The highest BCUT2D eigenvalue weighted by atomic mass is 14.9. The number of rotatable bonds is 4. The fraction of sp³-hybridized carbons (Fsp3) is 0.222. The minimum absolute atomic E-state index is 0.305. The van der Waals surface area contributed by atoms with Crippen LogP contribution in [0.4, 0.5) is 5.69 Å². The fourth-order valence-electron chi connectivity index (χ4n) is 2.47. The quantitative estimate of drug-likeness (QED) is 0.763. The van der Waals surface area contributed by atoms with E-state index in [1.807, 2.05) is 6.07 Å². The Balaban J connectivity index is 1.86. The molecule has 3 rings (SSSR count). The minimum atomic E-state index is 0.305.